The third kappa shape index (κ3) is 7.78. The summed E-state index contributed by atoms with van der Waals surface area (Å²) in [6.07, 6.45) is 7.39. The molecule has 6 nitrogen and oxygen atoms in total. The maximum Gasteiger partial charge on any atom is 0.365 e. The Kier molecular flexibility index (Phi) is 10.1. The summed E-state index contributed by atoms with van der Waals surface area (Å²) in [4.78, 5) is 6.08. The highest BCUT2D eigenvalue weighted by Gasteiger charge is 2.33. The number of nitrogens with one attached hydrogen (secondary N) is 1. The standard InChI is InChI=1S/C25H40N2O4/c1-3-30-19-20-7-6-14-27(17-20)18-22-8-4-5-9-24(22)26-25(28)21-10-12-23(13-11-21)31-16-15-29-2/h10-13,20,22,24H,3-9,14-19H2,1-2H3,(H,26,28)/p+1/t20-,22+,24-/m0/s1. The zero-order valence-electron chi connectivity index (χ0n) is 19.4. The van der Waals surface area contributed by atoms with E-state index in [-0.39, 0.29) is 5.90 Å². The second-order valence-corrected chi connectivity index (χ2v) is 8.94. The molecule has 0 bridgehead atoms. The highest BCUT2D eigenvalue weighted by atomic mass is 16.5. The molecular formula is C25H41N2O4+. The molecule has 2 aliphatic rings. The molecule has 3 rings (SSSR count). The van der Waals surface area contributed by atoms with Crippen LogP contribution in [0.5, 0.6) is 5.75 Å². The van der Waals surface area contributed by atoms with Crippen molar-refractivity contribution in [3.8, 4) is 5.75 Å². The first-order valence-corrected chi connectivity index (χ1v) is 12.0. The Morgan fingerprint density at radius 3 is 2.68 bits per heavy atom. The first-order valence-electron chi connectivity index (χ1n) is 12.0. The predicted molar refractivity (Wildman–Crippen MR) is 123 cm³/mol. The van der Waals surface area contributed by atoms with E-state index >= 15 is 0 Å². The summed E-state index contributed by atoms with van der Waals surface area (Å²) in [6.45, 7) is 8.29. The van der Waals surface area contributed by atoms with Crippen LogP contribution < -0.4 is 9.73 Å². The molecule has 1 saturated heterocycles. The van der Waals surface area contributed by atoms with Crippen LogP contribution in [0.3, 0.4) is 0 Å². The third-order valence-electron chi connectivity index (χ3n) is 6.57. The summed E-state index contributed by atoms with van der Waals surface area (Å²) in [6, 6.07) is 7.93. The maximum absolute atomic E-state index is 10.8. The predicted octanol–water partition coefficient (Wildman–Crippen LogP) is 2.40. The number of likely N-dealkylation sites (tertiary alicyclic amines) is 1. The average molecular weight is 434 g/mol. The van der Waals surface area contributed by atoms with Gasteiger partial charge in [-0.15, -0.1) is 0 Å². The number of benzene rings is 1. The van der Waals surface area contributed by atoms with Crippen molar-refractivity contribution in [2.24, 2.45) is 11.8 Å². The smallest absolute Gasteiger partial charge is 0.365 e. The molecule has 1 saturated carbocycles. The Bertz CT molecular complexity index is 664. The van der Waals surface area contributed by atoms with Gasteiger partial charge in [0.05, 0.1) is 18.8 Å². The fraction of sp³-hybridized carbons (Fsp3) is 0.720. The van der Waals surface area contributed by atoms with Gasteiger partial charge in [0.25, 0.3) is 0 Å². The van der Waals surface area contributed by atoms with Crippen LogP contribution in [0.4, 0.5) is 0 Å². The lowest BCUT2D eigenvalue weighted by Crippen LogP contribution is -2.82. The molecular weight excluding hydrogens is 392 g/mol. The van der Waals surface area contributed by atoms with Gasteiger partial charge in [-0.3, -0.25) is 0 Å². The molecule has 0 radical (unpaired) electrons. The van der Waals surface area contributed by atoms with Crippen molar-refractivity contribution >= 4 is 5.90 Å². The Hall–Kier alpha value is -1.63. The first-order chi connectivity index (χ1) is 15.2. The molecule has 3 atom stereocenters. The van der Waals surface area contributed by atoms with Gasteiger partial charge in [-0.2, -0.15) is 0 Å². The van der Waals surface area contributed by atoms with Crippen molar-refractivity contribution < 1.29 is 24.3 Å². The molecule has 1 aliphatic carbocycles. The number of methoxy groups -OCH3 is 1. The largest absolute Gasteiger partial charge is 0.491 e. The van der Waals surface area contributed by atoms with E-state index in [1.54, 1.807) is 7.11 Å². The lowest BCUT2D eigenvalue weighted by atomic mass is 9.83. The van der Waals surface area contributed by atoms with Crippen molar-refractivity contribution in [3.63, 3.8) is 0 Å². The number of aliphatic hydroxyl groups excluding tert-OH is 1. The first kappa shape index (κ1) is 24.0. The topological polar surface area (TPSA) is 65.1 Å². The molecule has 1 aromatic carbocycles. The van der Waals surface area contributed by atoms with E-state index in [0.29, 0.717) is 31.1 Å². The second kappa shape index (κ2) is 13.0. The van der Waals surface area contributed by atoms with Crippen LogP contribution in [0.25, 0.3) is 0 Å². The van der Waals surface area contributed by atoms with Crippen molar-refractivity contribution in [2.75, 3.05) is 53.2 Å². The van der Waals surface area contributed by atoms with Gasteiger partial charge in [-0.25, -0.2) is 4.99 Å². The minimum absolute atomic E-state index is 0.271. The SMILES string of the molecule is CCOC[C@H]1CCCN(C[C@H]2CCCC[C@@H]2[NH+]=C(O)c2ccc(OCCOC)cc2)C1. The maximum atomic E-state index is 10.8. The van der Waals surface area contributed by atoms with Gasteiger partial charge < -0.3 is 24.2 Å². The fourth-order valence-electron chi connectivity index (χ4n) is 4.90. The van der Waals surface area contributed by atoms with Crippen LogP contribution in [0, 0.1) is 11.8 Å². The van der Waals surface area contributed by atoms with Crippen LogP contribution in [0.2, 0.25) is 0 Å². The molecule has 1 heterocycles. The summed E-state index contributed by atoms with van der Waals surface area (Å²) in [7, 11) is 1.66. The van der Waals surface area contributed by atoms with E-state index in [1.165, 1.54) is 38.6 Å². The summed E-state index contributed by atoms with van der Waals surface area (Å²) in [5, 5.41) is 10.8. The van der Waals surface area contributed by atoms with Crippen LogP contribution in [-0.4, -0.2) is 75.1 Å². The van der Waals surface area contributed by atoms with Crippen molar-refractivity contribution in [3.05, 3.63) is 29.8 Å². The number of piperidine rings is 1. The van der Waals surface area contributed by atoms with Gasteiger partial charge >= 0.3 is 5.90 Å². The zero-order valence-corrected chi connectivity index (χ0v) is 19.4. The van der Waals surface area contributed by atoms with Crippen LogP contribution in [0.15, 0.2) is 24.3 Å². The molecule has 0 aromatic heterocycles. The zero-order chi connectivity index (χ0) is 21.9. The van der Waals surface area contributed by atoms with Crippen LogP contribution >= 0.6 is 0 Å². The third-order valence-corrected chi connectivity index (χ3v) is 6.57. The number of aliphatic hydroxyl groups is 1. The molecule has 31 heavy (non-hydrogen) atoms. The molecule has 0 spiro atoms. The molecule has 2 N–H and O–H groups in total. The molecule has 174 valence electrons. The number of rotatable bonds is 11. The van der Waals surface area contributed by atoms with Crippen LogP contribution in [-0.2, 0) is 9.47 Å². The van der Waals surface area contributed by atoms with E-state index in [2.05, 4.69) is 16.8 Å². The Labute approximate surface area is 187 Å². The van der Waals surface area contributed by atoms with E-state index in [0.717, 1.165) is 44.0 Å². The molecule has 6 heteroatoms. The summed E-state index contributed by atoms with van der Waals surface area (Å²) in [5.74, 6) is 2.29. The van der Waals surface area contributed by atoms with E-state index in [9.17, 15) is 5.11 Å². The van der Waals surface area contributed by atoms with Gasteiger partial charge in [0.2, 0.25) is 0 Å². The normalized spacial score (nSPS) is 25.5. The average Bonchev–Trinajstić information content (AvgIpc) is 2.80. The monoisotopic (exact) mass is 433 g/mol. The van der Waals surface area contributed by atoms with Crippen molar-refractivity contribution in [2.45, 2.75) is 51.5 Å². The van der Waals surface area contributed by atoms with Crippen molar-refractivity contribution in [1.29, 1.82) is 0 Å². The summed E-state index contributed by atoms with van der Waals surface area (Å²) < 4.78 is 16.3. The second-order valence-electron chi connectivity index (χ2n) is 8.94. The van der Waals surface area contributed by atoms with Gasteiger partial charge in [0.15, 0.2) is 6.04 Å². The number of nitrogens with zero attached hydrogens (tertiary/aromatic N) is 1. The van der Waals surface area contributed by atoms with Crippen LogP contribution in [0.1, 0.15) is 51.0 Å². The van der Waals surface area contributed by atoms with E-state index < -0.39 is 0 Å². The lowest BCUT2D eigenvalue weighted by molar-refractivity contribution is -0.525. The van der Waals surface area contributed by atoms with Gasteiger partial charge in [0.1, 0.15) is 12.4 Å². The molecule has 1 aliphatic heterocycles. The Balaban J connectivity index is 1.57. The quantitative estimate of drug-likeness (QED) is 0.319. The lowest BCUT2D eigenvalue weighted by Gasteiger charge is -2.36. The molecule has 0 unspecified atom stereocenters. The highest BCUT2D eigenvalue weighted by molar-refractivity contribution is 5.87. The van der Waals surface area contributed by atoms with E-state index in [1.807, 2.05) is 24.3 Å². The minimum Gasteiger partial charge on any atom is -0.491 e. The molecule has 1 aromatic rings. The Morgan fingerprint density at radius 1 is 1.10 bits per heavy atom. The molecule has 0 amide bonds. The van der Waals surface area contributed by atoms with Crippen molar-refractivity contribution in [1.82, 2.24) is 4.90 Å². The number of hydrogen-bond acceptors (Lipinski definition) is 4. The molecule has 2 fully saturated rings. The number of ether oxygens (including phenoxy) is 3. The highest BCUT2D eigenvalue weighted by Crippen LogP contribution is 2.25. The Morgan fingerprint density at radius 2 is 1.90 bits per heavy atom. The van der Waals surface area contributed by atoms with Gasteiger partial charge in [0, 0.05) is 39.1 Å². The summed E-state index contributed by atoms with van der Waals surface area (Å²) >= 11 is 0. The number of hydrogen-bond donors (Lipinski definition) is 2. The fourth-order valence-corrected chi connectivity index (χ4v) is 4.90. The van der Waals surface area contributed by atoms with Gasteiger partial charge in [-0.1, -0.05) is 6.42 Å². The van der Waals surface area contributed by atoms with E-state index in [4.69, 9.17) is 14.2 Å². The summed E-state index contributed by atoms with van der Waals surface area (Å²) in [5.41, 5.74) is 0.804. The minimum atomic E-state index is 0.271. The van der Waals surface area contributed by atoms with Gasteiger partial charge in [-0.05, 0) is 69.3 Å².